The molecule has 0 fully saturated rings. The van der Waals surface area contributed by atoms with E-state index in [1.165, 1.54) is 0 Å². The van der Waals surface area contributed by atoms with Crippen LogP contribution < -0.4 is 5.32 Å². The van der Waals surface area contributed by atoms with Crippen molar-refractivity contribution in [3.63, 3.8) is 0 Å². The topological polar surface area (TPSA) is 58.1 Å². The van der Waals surface area contributed by atoms with Crippen molar-refractivity contribution >= 4 is 23.3 Å². The number of amides is 1. The van der Waals surface area contributed by atoms with Crippen molar-refractivity contribution in [2.24, 2.45) is 0 Å². The van der Waals surface area contributed by atoms with Crippen LogP contribution in [0.5, 0.6) is 0 Å². The molecule has 0 bridgehead atoms. The van der Waals surface area contributed by atoms with E-state index in [-0.39, 0.29) is 24.7 Å². The molecular weight excluding hydrogens is 309 g/mol. The molecule has 118 valence electrons. The first-order chi connectivity index (χ1) is 9.77. The second-order valence-corrected chi connectivity index (χ2v) is 4.49. The Morgan fingerprint density at radius 3 is 2.48 bits per heavy atom. The minimum Gasteiger partial charge on any atom is -0.369 e. The number of nitrogens with one attached hydrogen (secondary N) is 1. The minimum atomic E-state index is -4.60. The zero-order valence-corrected chi connectivity index (χ0v) is 12.4. The molecule has 0 unspecified atom stereocenters. The molecule has 0 aliphatic rings. The summed E-state index contributed by atoms with van der Waals surface area (Å²) < 4.78 is 37.7. The number of halogens is 4. The lowest BCUT2D eigenvalue weighted by Crippen LogP contribution is -2.31. The van der Waals surface area contributed by atoms with Gasteiger partial charge in [-0.05, 0) is 25.4 Å². The van der Waals surface area contributed by atoms with E-state index in [0.717, 1.165) is 6.07 Å². The summed E-state index contributed by atoms with van der Waals surface area (Å²) >= 11 is 5.46. The summed E-state index contributed by atoms with van der Waals surface area (Å²) in [7, 11) is 0. The lowest BCUT2D eigenvalue weighted by Gasteiger charge is -2.18. The molecule has 0 aromatic carbocycles. The third kappa shape index (κ3) is 5.37. The molecule has 21 heavy (non-hydrogen) atoms. The minimum absolute atomic E-state index is 0.0605. The summed E-state index contributed by atoms with van der Waals surface area (Å²) in [6.07, 6.45) is -4.44. The van der Waals surface area contributed by atoms with Gasteiger partial charge in [-0.25, -0.2) is 9.97 Å². The van der Waals surface area contributed by atoms with Gasteiger partial charge in [-0.2, -0.15) is 13.2 Å². The van der Waals surface area contributed by atoms with Crippen LogP contribution in [0, 0.1) is 0 Å². The van der Waals surface area contributed by atoms with E-state index < -0.39 is 17.2 Å². The van der Waals surface area contributed by atoms with Crippen LogP contribution >= 0.6 is 11.6 Å². The number of carbonyl (C=O) groups is 1. The van der Waals surface area contributed by atoms with Gasteiger partial charge in [0.2, 0.25) is 11.2 Å². The van der Waals surface area contributed by atoms with Crippen LogP contribution in [0.3, 0.4) is 0 Å². The molecular formula is C12H16ClF3N4O. The second kappa shape index (κ2) is 7.44. The number of aromatic nitrogens is 2. The van der Waals surface area contributed by atoms with E-state index in [1.807, 2.05) is 13.8 Å². The van der Waals surface area contributed by atoms with Gasteiger partial charge in [0.15, 0.2) is 5.69 Å². The van der Waals surface area contributed by atoms with Crippen molar-refractivity contribution in [2.45, 2.75) is 26.4 Å². The van der Waals surface area contributed by atoms with Crippen molar-refractivity contribution in [1.29, 1.82) is 0 Å². The largest absolute Gasteiger partial charge is 0.433 e. The van der Waals surface area contributed by atoms with Gasteiger partial charge >= 0.3 is 6.18 Å². The van der Waals surface area contributed by atoms with Crippen LogP contribution in [-0.2, 0) is 11.0 Å². The Balaban J connectivity index is 2.64. The predicted octanol–water partition coefficient (Wildman–Crippen LogP) is 2.82. The molecule has 0 spiro atoms. The molecule has 0 aliphatic heterocycles. The van der Waals surface area contributed by atoms with E-state index in [9.17, 15) is 18.0 Å². The smallest absolute Gasteiger partial charge is 0.369 e. The Hall–Kier alpha value is -1.57. The third-order valence-corrected chi connectivity index (χ3v) is 2.92. The third-order valence-electron chi connectivity index (χ3n) is 2.75. The predicted molar refractivity (Wildman–Crippen MR) is 73.1 cm³/mol. The van der Waals surface area contributed by atoms with Crippen LogP contribution in [0.1, 0.15) is 26.0 Å². The van der Waals surface area contributed by atoms with Gasteiger partial charge in [-0.15, -0.1) is 0 Å². The highest BCUT2D eigenvalue weighted by Crippen LogP contribution is 2.29. The molecule has 0 saturated heterocycles. The van der Waals surface area contributed by atoms with Crippen LogP contribution in [0.15, 0.2) is 6.07 Å². The molecule has 9 heteroatoms. The lowest BCUT2D eigenvalue weighted by atomic mass is 10.3. The highest BCUT2D eigenvalue weighted by molar-refractivity contribution is 6.28. The first-order valence-electron chi connectivity index (χ1n) is 6.41. The first-order valence-corrected chi connectivity index (χ1v) is 6.79. The maximum Gasteiger partial charge on any atom is 0.433 e. The Bertz CT molecular complexity index is 492. The monoisotopic (exact) mass is 324 g/mol. The number of hydrogen-bond donors (Lipinski definition) is 1. The van der Waals surface area contributed by atoms with Crippen molar-refractivity contribution in [2.75, 3.05) is 25.0 Å². The summed E-state index contributed by atoms with van der Waals surface area (Å²) in [5.41, 5.74) is -1.12. The van der Waals surface area contributed by atoms with Crippen molar-refractivity contribution < 1.29 is 18.0 Å². The first kappa shape index (κ1) is 17.5. The normalized spacial score (nSPS) is 11.3. The van der Waals surface area contributed by atoms with Gasteiger partial charge in [-0.1, -0.05) is 0 Å². The summed E-state index contributed by atoms with van der Waals surface area (Å²) in [5.74, 6) is -0.140. The van der Waals surface area contributed by atoms with E-state index >= 15 is 0 Å². The number of rotatable bonds is 6. The van der Waals surface area contributed by atoms with Gasteiger partial charge in [0.1, 0.15) is 5.82 Å². The number of anilines is 1. The van der Waals surface area contributed by atoms with Crippen LogP contribution in [0.2, 0.25) is 5.28 Å². The van der Waals surface area contributed by atoms with Crippen molar-refractivity contribution in [3.05, 3.63) is 17.0 Å². The number of alkyl halides is 3. The van der Waals surface area contributed by atoms with Crippen molar-refractivity contribution in [1.82, 2.24) is 14.9 Å². The standard InChI is InChI=1S/C12H16ClF3N4O/c1-3-20(4-2)10(21)5-6-17-9-7-8(12(14,15)16)18-11(13)19-9/h7H,3-6H2,1-2H3,(H,17,18,19). The van der Waals surface area contributed by atoms with E-state index in [2.05, 4.69) is 15.3 Å². The Kier molecular flexibility index (Phi) is 6.19. The van der Waals surface area contributed by atoms with Crippen LogP contribution in [0.25, 0.3) is 0 Å². The van der Waals surface area contributed by atoms with E-state index in [4.69, 9.17) is 11.6 Å². The number of hydrogen-bond acceptors (Lipinski definition) is 4. The zero-order chi connectivity index (χ0) is 16.0. The summed E-state index contributed by atoms with van der Waals surface area (Å²) in [4.78, 5) is 20.1. The quantitative estimate of drug-likeness (QED) is 0.817. The molecule has 1 rings (SSSR count). The van der Waals surface area contributed by atoms with Gasteiger partial charge in [-0.3, -0.25) is 4.79 Å². The Morgan fingerprint density at radius 2 is 1.95 bits per heavy atom. The van der Waals surface area contributed by atoms with Gasteiger partial charge < -0.3 is 10.2 Å². The molecule has 1 aromatic rings. The molecule has 1 heterocycles. The molecule has 1 amide bonds. The average molecular weight is 325 g/mol. The SMILES string of the molecule is CCN(CC)C(=O)CCNc1cc(C(F)(F)F)nc(Cl)n1. The van der Waals surface area contributed by atoms with Crippen LogP contribution in [0.4, 0.5) is 19.0 Å². The maximum absolute atomic E-state index is 12.6. The van der Waals surface area contributed by atoms with Gasteiger partial charge in [0.05, 0.1) is 0 Å². The summed E-state index contributed by atoms with van der Waals surface area (Å²) in [6.45, 7) is 5.06. The Labute approximate surface area is 125 Å². The molecule has 0 aliphatic carbocycles. The highest BCUT2D eigenvalue weighted by atomic mass is 35.5. The summed E-state index contributed by atoms with van der Waals surface area (Å²) in [6, 6.07) is 0.758. The number of nitrogens with zero attached hydrogens (tertiary/aromatic N) is 3. The zero-order valence-electron chi connectivity index (χ0n) is 11.7. The lowest BCUT2D eigenvalue weighted by molar-refractivity contribution is -0.141. The Morgan fingerprint density at radius 1 is 1.33 bits per heavy atom. The molecule has 1 aromatic heterocycles. The fraction of sp³-hybridized carbons (Fsp3) is 0.583. The van der Waals surface area contributed by atoms with Crippen LogP contribution in [-0.4, -0.2) is 40.4 Å². The van der Waals surface area contributed by atoms with Gasteiger partial charge in [0.25, 0.3) is 0 Å². The van der Waals surface area contributed by atoms with E-state index in [0.29, 0.717) is 13.1 Å². The molecule has 1 N–H and O–H groups in total. The second-order valence-electron chi connectivity index (χ2n) is 4.15. The maximum atomic E-state index is 12.6. The fourth-order valence-corrected chi connectivity index (χ4v) is 1.87. The van der Waals surface area contributed by atoms with E-state index in [1.54, 1.807) is 4.90 Å². The average Bonchev–Trinajstić information content (AvgIpc) is 2.38. The highest BCUT2D eigenvalue weighted by Gasteiger charge is 2.33. The van der Waals surface area contributed by atoms with Gasteiger partial charge in [0, 0.05) is 32.1 Å². The summed E-state index contributed by atoms with van der Waals surface area (Å²) in [5, 5.41) is 2.15. The fourth-order valence-electron chi connectivity index (χ4n) is 1.69. The molecule has 0 saturated carbocycles. The van der Waals surface area contributed by atoms with Crippen molar-refractivity contribution in [3.8, 4) is 0 Å². The molecule has 5 nitrogen and oxygen atoms in total. The molecule has 0 radical (unpaired) electrons. The molecule has 0 atom stereocenters. The number of carbonyl (C=O) groups excluding carboxylic acids is 1.